The van der Waals surface area contributed by atoms with Gasteiger partial charge < -0.3 is 11.5 Å². The summed E-state index contributed by atoms with van der Waals surface area (Å²) in [4.78, 5) is 127. The zero-order chi connectivity index (χ0) is 36.5. The molecular weight excluding hydrogens is 729 g/mol. The Balaban J connectivity index is 1.15. The fourth-order valence-corrected chi connectivity index (χ4v) is 10.9. The van der Waals surface area contributed by atoms with Crippen LogP contribution >= 0.6 is 47.0 Å². The average molecular weight is 771 g/mol. The zero-order valence-corrected chi connectivity index (χ0v) is 30.8. The van der Waals surface area contributed by atoms with Crippen LogP contribution < -0.4 is 11.5 Å². The molecule has 0 aromatic rings. The van der Waals surface area contributed by atoms with Crippen LogP contribution in [0.4, 0.5) is 0 Å². The van der Waals surface area contributed by atoms with Crippen molar-refractivity contribution in [2.75, 3.05) is 47.6 Å². The lowest BCUT2D eigenvalue weighted by Gasteiger charge is -2.23. The Morgan fingerprint density at radius 3 is 1.34 bits per heavy atom. The number of nitrogens with two attached hydrogens (primary N) is 2. The number of hydrogen-bond donors (Lipinski definition) is 2. The van der Waals surface area contributed by atoms with Gasteiger partial charge in [0.1, 0.15) is 35.0 Å². The molecule has 0 aliphatic carbocycles. The third-order valence-electron chi connectivity index (χ3n) is 9.14. The highest BCUT2D eigenvalue weighted by molar-refractivity contribution is 8.01. The molecule has 0 radical (unpaired) electrons. The van der Waals surface area contributed by atoms with E-state index >= 15 is 0 Å². The van der Waals surface area contributed by atoms with Gasteiger partial charge in [-0.2, -0.15) is 23.5 Å². The Kier molecular flexibility index (Phi) is 15.0. The second-order valence-corrected chi connectivity index (χ2v) is 17.4. The van der Waals surface area contributed by atoms with Gasteiger partial charge in [0.15, 0.2) is 0 Å². The first-order valence-electron chi connectivity index (χ1n) is 16.5. The van der Waals surface area contributed by atoms with Crippen LogP contribution in [0.25, 0.3) is 0 Å². The summed E-state index contributed by atoms with van der Waals surface area (Å²) in [5.74, 6) is -6.00. The number of Topliss-reactive ketones (excluding diaryl/α,β-unsaturated/α-hetero) is 4. The third-order valence-corrected chi connectivity index (χ3v) is 14.1. The molecule has 14 nitrogen and oxygen atoms in total. The SMILES string of the molecule is NC(=O)C(CSC1CC(=O)N(CCCCCCN2C(=O)CC(SCC(C(N)=O)C(=O)C3CSCC(=O)C3)C2=O)C1=O)C(=O)C1CSCC(=O)C1. The van der Waals surface area contributed by atoms with E-state index in [2.05, 4.69) is 0 Å². The lowest BCUT2D eigenvalue weighted by Crippen LogP contribution is -2.39. The van der Waals surface area contributed by atoms with Crippen LogP contribution in [0.2, 0.25) is 0 Å². The van der Waals surface area contributed by atoms with Gasteiger partial charge in [-0.05, 0) is 12.8 Å². The largest absolute Gasteiger partial charge is 0.369 e. The highest BCUT2D eigenvalue weighted by atomic mass is 32.2. The first kappa shape index (κ1) is 40.1. The van der Waals surface area contributed by atoms with Crippen LogP contribution in [0, 0.1) is 23.7 Å². The number of amides is 6. The van der Waals surface area contributed by atoms with Gasteiger partial charge >= 0.3 is 0 Å². The van der Waals surface area contributed by atoms with E-state index in [-0.39, 0.29) is 85.5 Å². The topological polar surface area (TPSA) is 229 Å². The second kappa shape index (κ2) is 18.7. The molecule has 0 aromatic carbocycles. The predicted molar refractivity (Wildman–Crippen MR) is 190 cm³/mol. The van der Waals surface area contributed by atoms with Crippen molar-refractivity contribution in [3.8, 4) is 0 Å². The summed E-state index contributed by atoms with van der Waals surface area (Å²) in [6.45, 7) is 0.393. The summed E-state index contributed by atoms with van der Waals surface area (Å²) >= 11 is 4.80. The molecule has 4 N–H and O–H groups in total. The van der Waals surface area contributed by atoms with Gasteiger partial charge in [0, 0.05) is 73.6 Å². The second-order valence-electron chi connectivity index (χ2n) is 12.9. The summed E-state index contributed by atoms with van der Waals surface area (Å²) in [6.07, 6.45) is 2.34. The average Bonchev–Trinajstić information content (AvgIpc) is 3.49. The lowest BCUT2D eigenvalue weighted by molar-refractivity contribution is -0.140. The Labute approximate surface area is 306 Å². The summed E-state index contributed by atoms with van der Waals surface area (Å²) in [6, 6.07) is 0. The van der Waals surface area contributed by atoms with Crippen molar-refractivity contribution in [2.24, 2.45) is 35.1 Å². The molecule has 4 rings (SSSR count). The molecule has 6 unspecified atom stereocenters. The molecule has 4 heterocycles. The number of carbonyl (C=O) groups is 10. The number of ketones is 4. The predicted octanol–water partition coefficient (Wildman–Crippen LogP) is 0.254. The maximum absolute atomic E-state index is 13.0. The fourth-order valence-electron chi connectivity index (χ4n) is 6.31. The van der Waals surface area contributed by atoms with Gasteiger partial charge in [0.25, 0.3) is 0 Å². The monoisotopic (exact) mass is 770 g/mol. The van der Waals surface area contributed by atoms with Gasteiger partial charge in [0.2, 0.25) is 35.4 Å². The van der Waals surface area contributed by atoms with E-state index in [4.69, 9.17) is 11.5 Å². The lowest BCUT2D eigenvalue weighted by atomic mass is 9.91. The van der Waals surface area contributed by atoms with Crippen molar-refractivity contribution >= 4 is 106 Å². The molecule has 4 aliphatic rings. The van der Waals surface area contributed by atoms with Crippen molar-refractivity contribution in [3.63, 3.8) is 0 Å². The minimum Gasteiger partial charge on any atom is -0.369 e. The number of likely N-dealkylation sites (tertiary alicyclic amines) is 2. The summed E-state index contributed by atoms with van der Waals surface area (Å²) < 4.78 is 0. The molecule has 18 heteroatoms. The standard InChI is InChI=1S/C32H42N4O10S4/c33-29(43)21(27(41)17-7-19(37)13-47-11-17)15-49-23-9-25(39)35(31(23)45)5-3-1-2-4-6-36-26(40)10-24(32(36)46)50-16-22(30(34)44)28(42)18-8-20(38)14-48-12-18/h17-18,21-24H,1-16H2,(H2,33,43)(H2,34,44). The molecule has 50 heavy (non-hydrogen) atoms. The number of nitrogens with zero attached hydrogens (tertiary/aromatic N) is 2. The molecule has 0 saturated carbocycles. The van der Waals surface area contributed by atoms with Gasteiger partial charge in [-0.1, -0.05) is 12.8 Å². The van der Waals surface area contributed by atoms with E-state index < -0.39 is 57.6 Å². The molecule has 274 valence electrons. The van der Waals surface area contributed by atoms with Gasteiger partial charge in [-0.25, -0.2) is 0 Å². The Hall–Kier alpha value is -2.70. The molecule has 4 fully saturated rings. The van der Waals surface area contributed by atoms with Crippen LogP contribution in [0.5, 0.6) is 0 Å². The van der Waals surface area contributed by atoms with E-state index in [0.717, 1.165) is 23.5 Å². The quantitative estimate of drug-likeness (QED) is 0.102. The van der Waals surface area contributed by atoms with Gasteiger partial charge in [-0.15, -0.1) is 23.5 Å². The molecule has 6 atom stereocenters. The maximum Gasteiger partial charge on any atom is 0.242 e. The number of hydrogen-bond acceptors (Lipinski definition) is 14. The van der Waals surface area contributed by atoms with Crippen molar-refractivity contribution in [1.82, 2.24) is 9.80 Å². The summed E-state index contributed by atoms with van der Waals surface area (Å²) in [5, 5.41) is -1.46. The van der Waals surface area contributed by atoms with Crippen LogP contribution in [0.15, 0.2) is 0 Å². The van der Waals surface area contributed by atoms with Gasteiger partial charge in [-0.3, -0.25) is 57.7 Å². The highest BCUT2D eigenvalue weighted by Crippen LogP contribution is 2.32. The molecule has 0 spiro atoms. The number of primary amides is 2. The first-order chi connectivity index (χ1) is 23.8. The van der Waals surface area contributed by atoms with Crippen LogP contribution in [-0.4, -0.2) is 126 Å². The van der Waals surface area contributed by atoms with Crippen LogP contribution in [0.1, 0.15) is 51.4 Å². The molecule has 0 aromatic heterocycles. The number of unbranched alkanes of at least 4 members (excludes halogenated alkanes) is 3. The minimum absolute atomic E-state index is 0.0416. The summed E-state index contributed by atoms with van der Waals surface area (Å²) in [7, 11) is 0. The van der Waals surface area contributed by atoms with Crippen LogP contribution in [0.3, 0.4) is 0 Å². The Bertz CT molecular complexity index is 1320. The van der Waals surface area contributed by atoms with Crippen molar-refractivity contribution < 1.29 is 47.9 Å². The van der Waals surface area contributed by atoms with Crippen molar-refractivity contribution in [1.29, 1.82) is 0 Å². The van der Waals surface area contributed by atoms with E-state index in [1.165, 1.54) is 33.3 Å². The fraction of sp³-hybridized carbons (Fsp3) is 0.688. The van der Waals surface area contributed by atoms with Crippen LogP contribution in [-0.2, 0) is 47.9 Å². The third kappa shape index (κ3) is 10.4. The minimum atomic E-state index is -1.15. The number of imide groups is 2. The molecule has 4 aliphatic heterocycles. The maximum atomic E-state index is 13.0. The van der Waals surface area contributed by atoms with Crippen molar-refractivity contribution in [2.45, 2.75) is 61.9 Å². The van der Waals surface area contributed by atoms with E-state index in [9.17, 15) is 47.9 Å². The molecule has 0 bridgehead atoms. The Morgan fingerprint density at radius 2 is 1.00 bits per heavy atom. The first-order valence-corrected chi connectivity index (χ1v) is 21.0. The highest BCUT2D eigenvalue weighted by Gasteiger charge is 2.42. The zero-order valence-electron chi connectivity index (χ0n) is 27.5. The van der Waals surface area contributed by atoms with E-state index in [0.29, 0.717) is 48.7 Å². The number of thioether (sulfide) groups is 4. The molecule has 6 amide bonds. The normalized spacial score (nSPS) is 25.7. The smallest absolute Gasteiger partial charge is 0.242 e. The van der Waals surface area contributed by atoms with E-state index in [1.807, 2.05) is 0 Å². The summed E-state index contributed by atoms with van der Waals surface area (Å²) in [5.41, 5.74) is 11.0. The molecule has 4 saturated heterocycles. The van der Waals surface area contributed by atoms with E-state index in [1.54, 1.807) is 0 Å². The number of carbonyl (C=O) groups excluding carboxylic acids is 10. The van der Waals surface area contributed by atoms with Crippen molar-refractivity contribution in [3.05, 3.63) is 0 Å². The number of rotatable bonds is 19. The molecular formula is C32H42N4O10S4. The Morgan fingerprint density at radius 1 is 0.620 bits per heavy atom. The van der Waals surface area contributed by atoms with Gasteiger partial charge in [0.05, 0.1) is 22.0 Å².